The third kappa shape index (κ3) is 2.97. The van der Waals surface area contributed by atoms with Crippen molar-refractivity contribution in [3.8, 4) is 0 Å². The van der Waals surface area contributed by atoms with E-state index in [0.29, 0.717) is 5.56 Å². The fraction of sp³-hybridized carbons (Fsp3) is 0.0909. The Labute approximate surface area is 109 Å². The molecule has 0 amide bonds. The van der Waals surface area contributed by atoms with Crippen LogP contribution >= 0.6 is 0 Å². The fourth-order valence-corrected chi connectivity index (χ4v) is 2.27. The molecule has 1 aromatic heterocycles. The highest BCUT2D eigenvalue weighted by molar-refractivity contribution is 7.92. The number of aryl methyl sites for hydroxylation is 1. The zero-order valence-corrected chi connectivity index (χ0v) is 10.8. The standard InChI is InChI=1S/C11H11FN4O2S/c1-7-2-3-8(4-10(7)12)16-19(17,18)9-5-14-11(13)15-6-9/h2-6,16H,1H3,(H2,13,14,15). The van der Waals surface area contributed by atoms with Gasteiger partial charge in [0, 0.05) is 0 Å². The second-order valence-corrected chi connectivity index (χ2v) is 5.53. The van der Waals surface area contributed by atoms with Crippen LogP contribution in [0, 0.1) is 12.7 Å². The molecule has 2 aromatic rings. The largest absolute Gasteiger partial charge is 0.368 e. The third-order valence-electron chi connectivity index (χ3n) is 2.38. The number of nitrogen functional groups attached to an aromatic ring is 1. The monoisotopic (exact) mass is 282 g/mol. The summed E-state index contributed by atoms with van der Waals surface area (Å²) < 4.78 is 39.5. The first-order chi connectivity index (χ1) is 8.88. The Morgan fingerprint density at radius 3 is 2.47 bits per heavy atom. The Morgan fingerprint density at radius 1 is 1.26 bits per heavy atom. The van der Waals surface area contributed by atoms with Crippen LogP contribution in [-0.4, -0.2) is 18.4 Å². The van der Waals surface area contributed by atoms with Gasteiger partial charge in [-0.3, -0.25) is 4.72 Å². The summed E-state index contributed by atoms with van der Waals surface area (Å²) in [5.41, 5.74) is 5.83. The predicted molar refractivity (Wildman–Crippen MR) is 68.4 cm³/mol. The maximum absolute atomic E-state index is 13.3. The van der Waals surface area contributed by atoms with E-state index in [1.54, 1.807) is 6.92 Å². The summed E-state index contributed by atoms with van der Waals surface area (Å²) in [5, 5.41) is 0. The number of hydrogen-bond acceptors (Lipinski definition) is 5. The minimum Gasteiger partial charge on any atom is -0.368 e. The second-order valence-electron chi connectivity index (χ2n) is 3.85. The van der Waals surface area contributed by atoms with E-state index in [4.69, 9.17) is 5.73 Å². The molecule has 100 valence electrons. The van der Waals surface area contributed by atoms with Gasteiger partial charge in [0.15, 0.2) is 0 Å². The molecular weight excluding hydrogens is 271 g/mol. The molecule has 0 fully saturated rings. The molecule has 0 aliphatic carbocycles. The lowest BCUT2D eigenvalue weighted by Crippen LogP contribution is -2.14. The van der Waals surface area contributed by atoms with E-state index < -0.39 is 15.8 Å². The van der Waals surface area contributed by atoms with Crippen LogP contribution in [0.4, 0.5) is 16.0 Å². The van der Waals surface area contributed by atoms with Crippen LogP contribution in [0.15, 0.2) is 35.5 Å². The average molecular weight is 282 g/mol. The van der Waals surface area contributed by atoms with Crippen LogP contribution in [0.25, 0.3) is 0 Å². The zero-order valence-electron chi connectivity index (χ0n) is 9.96. The van der Waals surface area contributed by atoms with Crippen molar-refractivity contribution in [2.45, 2.75) is 11.8 Å². The van der Waals surface area contributed by atoms with E-state index >= 15 is 0 Å². The van der Waals surface area contributed by atoms with Gasteiger partial charge in [-0.15, -0.1) is 0 Å². The van der Waals surface area contributed by atoms with Gasteiger partial charge in [0.2, 0.25) is 5.95 Å². The minimum absolute atomic E-state index is 0.0275. The van der Waals surface area contributed by atoms with E-state index in [1.165, 1.54) is 12.1 Å². The van der Waals surface area contributed by atoms with Crippen molar-refractivity contribution in [1.82, 2.24) is 9.97 Å². The van der Waals surface area contributed by atoms with Gasteiger partial charge < -0.3 is 5.73 Å². The van der Waals surface area contributed by atoms with E-state index in [1.807, 2.05) is 0 Å². The molecule has 0 atom stereocenters. The lowest BCUT2D eigenvalue weighted by Gasteiger charge is -2.08. The van der Waals surface area contributed by atoms with Gasteiger partial charge in [0.05, 0.1) is 18.1 Å². The molecule has 1 aromatic carbocycles. The number of anilines is 2. The minimum atomic E-state index is -3.86. The summed E-state index contributed by atoms with van der Waals surface area (Å²) in [7, 11) is -3.86. The SMILES string of the molecule is Cc1ccc(NS(=O)(=O)c2cnc(N)nc2)cc1F. The maximum Gasteiger partial charge on any atom is 0.264 e. The molecule has 1 heterocycles. The van der Waals surface area contributed by atoms with Crippen LogP contribution in [0.2, 0.25) is 0 Å². The molecule has 0 saturated heterocycles. The molecule has 0 unspecified atom stereocenters. The van der Waals surface area contributed by atoms with Crippen molar-refractivity contribution in [1.29, 1.82) is 0 Å². The van der Waals surface area contributed by atoms with E-state index in [-0.39, 0.29) is 16.5 Å². The summed E-state index contributed by atoms with van der Waals surface area (Å²) >= 11 is 0. The van der Waals surface area contributed by atoms with E-state index in [2.05, 4.69) is 14.7 Å². The number of rotatable bonds is 3. The summed E-state index contributed by atoms with van der Waals surface area (Å²) in [4.78, 5) is 7.03. The Balaban J connectivity index is 2.30. The Kier molecular flexibility index (Phi) is 3.34. The quantitative estimate of drug-likeness (QED) is 0.884. The van der Waals surface area contributed by atoms with Gasteiger partial charge in [-0.2, -0.15) is 0 Å². The molecule has 0 spiro atoms. The molecule has 3 N–H and O–H groups in total. The first-order valence-electron chi connectivity index (χ1n) is 5.25. The number of hydrogen-bond donors (Lipinski definition) is 2. The number of sulfonamides is 1. The molecule has 0 bridgehead atoms. The van der Waals surface area contributed by atoms with Gasteiger partial charge >= 0.3 is 0 Å². The number of nitrogens with two attached hydrogens (primary N) is 1. The predicted octanol–water partition coefficient (Wildman–Crippen LogP) is 1.31. The van der Waals surface area contributed by atoms with Gasteiger partial charge in [-0.25, -0.2) is 22.8 Å². The van der Waals surface area contributed by atoms with Gasteiger partial charge in [0.25, 0.3) is 10.0 Å². The van der Waals surface area contributed by atoms with Crippen LogP contribution in [0.5, 0.6) is 0 Å². The number of benzene rings is 1. The highest BCUT2D eigenvalue weighted by Crippen LogP contribution is 2.17. The number of nitrogens with zero attached hydrogens (tertiary/aromatic N) is 2. The van der Waals surface area contributed by atoms with Crippen molar-refractivity contribution in [2.24, 2.45) is 0 Å². The van der Waals surface area contributed by atoms with Crippen molar-refractivity contribution in [3.63, 3.8) is 0 Å². The highest BCUT2D eigenvalue weighted by atomic mass is 32.2. The van der Waals surface area contributed by atoms with Crippen LogP contribution in [-0.2, 0) is 10.0 Å². The maximum atomic E-state index is 13.3. The zero-order chi connectivity index (χ0) is 14.0. The summed E-state index contributed by atoms with van der Waals surface area (Å²) in [6.45, 7) is 1.58. The molecule has 0 radical (unpaired) electrons. The summed E-state index contributed by atoms with van der Waals surface area (Å²) in [5.74, 6) is -0.519. The smallest absolute Gasteiger partial charge is 0.264 e. The Morgan fingerprint density at radius 2 is 1.89 bits per heavy atom. The first kappa shape index (κ1) is 13.2. The number of nitrogens with one attached hydrogen (secondary N) is 1. The average Bonchev–Trinajstić information content (AvgIpc) is 2.34. The van der Waals surface area contributed by atoms with Gasteiger partial charge in [0.1, 0.15) is 10.7 Å². The molecular formula is C11H11FN4O2S. The lowest BCUT2D eigenvalue weighted by atomic mass is 10.2. The molecule has 6 nitrogen and oxygen atoms in total. The first-order valence-corrected chi connectivity index (χ1v) is 6.73. The van der Waals surface area contributed by atoms with Gasteiger partial charge in [-0.05, 0) is 24.6 Å². The molecule has 19 heavy (non-hydrogen) atoms. The molecule has 0 aliphatic rings. The fourth-order valence-electron chi connectivity index (χ4n) is 1.34. The van der Waals surface area contributed by atoms with Crippen molar-refractivity contribution in [2.75, 3.05) is 10.5 Å². The van der Waals surface area contributed by atoms with Crippen molar-refractivity contribution < 1.29 is 12.8 Å². The second kappa shape index (κ2) is 4.81. The van der Waals surface area contributed by atoms with Crippen molar-refractivity contribution >= 4 is 21.7 Å². The number of aromatic nitrogens is 2. The Hall–Kier alpha value is -2.22. The van der Waals surface area contributed by atoms with E-state index in [9.17, 15) is 12.8 Å². The van der Waals surface area contributed by atoms with Crippen LogP contribution in [0.3, 0.4) is 0 Å². The van der Waals surface area contributed by atoms with Crippen LogP contribution < -0.4 is 10.5 Å². The topological polar surface area (TPSA) is 98.0 Å². The Bertz CT molecular complexity index is 701. The van der Waals surface area contributed by atoms with Crippen molar-refractivity contribution in [3.05, 3.63) is 42.0 Å². The highest BCUT2D eigenvalue weighted by Gasteiger charge is 2.15. The number of halogens is 1. The molecule has 2 rings (SSSR count). The molecule has 8 heteroatoms. The summed E-state index contributed by atoms with van der Waals surface area (Å²) in [6, 6.07) is 4.05. The lowest BCUT2D eigenvalue weighted by molar-refractivity contribution is 0.600. The molecule has 0 aliphatic heterocycles. The third-order valence-corrected chi connectivity index (χ3v) is 3.72. The van der Waals surface area contributed by atoms with Gasteiger partial charge in [-0.1, -0.05) is 6.07 Å². The molecule has 0 saturated carbocycles. The van der Waals surface area contributed by atoms with Crippen LogP contribution in [0.1, 0.15) is 5.56 Å². The van der Waals surface area contributed by atoms with E-state index in [0.717, 1.165) is 18.5 Å². The normalized spacial score (nSPS) is 11.3. The summed E-state index contributed by atoms with van der Waals surface area (Å²) in [6.07, 6.45) is 2.16.